The van der Waals surface area contributed by atoms with Gasteiger partial charge in [0.1, 0.15) is 5.75 Å². The molecule has 0 aromatic heterocycles. The smallest absolute Gasteiger partial charge is 0.142 e. The molecule has 1 aliphatic rings. The zero-order chi connectivity index (χ0) is 13.1. The van der Waals surface area contributed by atoms with E-state index in [9.17, 15) is 5.11 Å². The van der Waals surface area contributed by atoms with E-state index < -0.39 is 0 Å². The third-order valence-electron chi connectivity index (χ3n) is 3.40. The Bertz CT molecular complexity index is 406. The highest BCUT2D eigenvalue weighted by Gasteiger charge is 2.21. The van der Waals surface area contributed by atoms with Crippen molar-refractivity contribution in [1.29, 1.82) is 0 Å². The van der Waals surface area contributed by atoms with Crippen molar-refractivity contribution in [3.05, 3.63) is 24.8 Å². The Morgan fingerprint density at radius 1 is 1.20 bits per heavy atom. The standard InChI is InChI=1S/C13H18I2N2O.2ClH/c1-2-12(17-5-3-16-4-6-17)9-7-10(14)13(18)11(15)8-9;;/h7-8,12,16,18H,2-6H2,1H3;2*1H/t12-;;/m1../s1. The summed E-state index contributed by atoms with van der Waals surface area (Å²) in [6, 6.07) is 4.71. The van der Waals surface area contributed by atoms with Gasteiger partial charge in [-0.1, -0.05) is 6.92 Å². The summed E-state index contributed by atoms with van der Waals surface area (Å²) in [7, 11) is 0. The van der Waals surface area contributed by atoms with Crippen LogP contribution >= 0.6 is 70.0 Å². The molecule has 116 valence electrons. The lowest BCUT2D eigenvalue weighted by molar-refractivity contribution is 0.169. The second kappa shape index (κ2) is 9.89. The van der Waals surface area contributed by atoms with E-state index in [1.807, 2.05) is 0 Å². The van der Waals surface area contributed by atoms with E-state index in [2.05, 4.69) is 74.5 Å². The van der Waals surface area contributed by atoms with E-state index in [-0.39, 0.29) is 24.8 Å². The summed E-state index contributed by atoms with van der Waals surface area (Å²) >= 11 is 4.42. The third kappa shape index (κ3) is 5.01. The van der Waals surface area contributed by atoms with E-state index in [0.717, 1.165) is 39.7 Å². The topological polar surface area (TPSA) is 35.5 Å². The highest BCUT2D eigenvalue weighted by atomic mass is 127. The number of phenols is 1. The Hall–Kier alpha value is 0.980. The van der Waals surface area contributed by atoms with Gasteiger partial charge in [-0.2, -0.15) is 0 Å². The first-order valence-corrected chi connectivity index (χ1v) is 8.42. The van der Waals surface area contributed by atoms with Crippen LogP contribution in [0.25, 0.3) is 0 Å². The maximum Gasteiger partial charge on any atom is 0.142 e. The number of hydrogen-bond donors (Lipinski definition) is 2. The van der Waals surface area contributed by atoms with Gasteiger partial charge in [-0.15, -0.1) is 24.8 Å². The molecule has 1 aliphatic heterocycles. The van der Waals surface area contributed by atoms with Gasteiger partial charge in [-0.3, -0.25) is 4.90 Å². The molecule has 0 unspecified atom stereocenters. The Morgan fingerprint density at radius 2 is 1.70 bits per heavy atom. The van der Waals surface area contributed by atoms with E-state index in [1.54, 1.807) is 0 Å². The van der Waals surface area contributed by atoms with Crippen LogP contribution in [0.5, 0.6) is 5.75 Å². The van der Waals surface area contributed by atoms with Crippen molar-refractivity contribution in [2.24, 2.45) is 0 Å². The quantitative estimate of drug-likeness (QED) is 0.568. The summed E-state index contributed by atoms with van der Waals surface area (Å²) in [5.74, 6) is 0.412. The molecule has 20 heavy (non-hydrogen) atoms. The van der Waals surface area contributed by atoms with Crippen molar-refractivity contribution in [2.75, 3.05) is 26.2 Å². The molecule has 3 nitrogen and oxygen atoms in total. The highest BCUT2D eigenvalue weighted by Crippen LogP contribution is 2.33. The van der Waals surface area contributed by atoms with Crippen LogP contribution in [0.2, 0.25) is 0 Å². The summed E-state index contributed by atoms with van der Waals surface area (Å²) in [6.45, 7) is 6.59. The van der Waals surface area contributed by atoms with E-state index in [4.69, 9.17) is 0 Å². The zero-order valence-corrected chi connectivity index (χ0v) is 17.2. The van der Waals surface area contributed by atoms with Crippen LogP contribution in [0.15, 0.2) is 12.1 Å². The van der Waals surface area contributed by atoms with Gasteiger partial charge in [-0.25, -0.2) is 0 Å². The molecule has 2 rings (SSSR count). The number of phenolic OH excluding ortho intramolecular Hbond substituents is 1. The van der Waals surface area contributed by atoms with Crippen molar-refractivity contribution < 1.29 is 5.11 Å². The second-order valence-electron chi connectivity index (χ2n) is 4.54. The molecule has 2 N–H and O–H groups in total. The van der Waals surface area contributed by atoms with Crippen molar-refractivity contribution >= 4 is 70.0 Å². The molecule has 0 aliphatic carbocycles. The fourth-order valence-electron chi connectivity index (χ4n) is 2.48. The first-order chi connectivity index (χ1) is 8.63. The minimum Gasteiger partial charge on any atom is -0.506 e. The summed E-state index contributed by atoms with van der Waals surface area (Å²) in [6.07, 6.45) is 1.11. The minimum atomic E-state index is 0. The normalized spacial score (nSPS) is 16.9. The van der Waals surface area contributed by atoms with E-state index >= 15 is 0 Å². The summed E-state index contributed by atoms with van der Waals surface area (Å²) in [5, 5.41) is 13.2. The van der Waals surface area contributed by atoms with Crippen LogP contribution in [-0.2, 0) is 0 Å². The fourth-order valence-corrected chi connectivity index (χ4v) is 4.29. The molecule has 1 saturated heterocycles. The lowest BCUT2D eigenvalue weighted by Crippen LogP contribution is -2.45. The van der Waals surface area contributed by atoms with Crippen LogP contribution in [0, 0.1) is 7.14 Å². The molecular formula is C13H20Cl2I2N2O. The van der Waals surface area contributed by atoms with Crippen LogP contribution < -0.4 is 5.32 Å². The maximum absolute atomic E-state index is 9.86. The van der Waals surface area contributed by atoms with Gasteiger partial charge in [-0.05, 0) is 69.3 Å². The van der Waals surface area contributed by atoms with Gasteiger partial charge in [0, 0.05) is 32.2 Å². The Morgan fingerprint density at radius 3 is 2.15 bits per heavy atom. The molecule has 1 fully saturated rings. The first-order valence-electron chi connectivity index (χ1n) is 6.26. The van der Waals surface area contributed by atoms with Crippen LogP contribution in [0.1, 0.15) is 24.9 Å². The monoisotopic (exact) mass is 544 g/mol. The molecule has 1 aromatic carbocycles. The number of aromatic hydroxyl groups is 1. The molecule has 0 amide bonds. The van der Waals surface area contributed by atoms with Crippen LogP contribution in [0.4, 0.5) is 0 Å². The average molecular weight is 545 g/mol. The van der Waals surface area contributed by atoms with Gasteiger partial charge in [0.05, 0.1) is 7.14 Å². The molecular weight excluding hydrogens is 525 g/mol. The number of benzene rings is 1. The summed E-state index contributed by atoms with van der Waals surface area (Å²) in [5.41, 5.74) is 1.33. The van der Waals surface area contributed by atoms with Gasteiger partial charge in [0.25, 0.3) is 0 Å². The number of hydrogen-bond acceptors (Lipinski definition) is 3. The van der Waals surface area contributed by atoms with Crippen LogP contribution in [-0.4, -0.2) is 36.2 Å². The number of halogens is 4. The van der Waals surface area contributed by atoms with Gasteiger partial charge >= 0.3 is 0 Å². The zero-order valence-electron chi connectivity index (χ0n) is 11.2. The Balaban J connectivity index is 0.00000180. The highest BCUT2D eigenvalue weighted by molar-refractivity contribution is 14.1. The molecule has 1 heterocycles. The van der Waals surface area contributed by atoms with Gasteiger partial charge in [0.2, 0.25) is 0 Å². The lowest BCUT2D eigenvalue weighted by Gasteiger charge is -2.35. The average Bonchev–Trinajstić information content (AvgIpc) is 2.38. The molecule has 0 radical (unpaired) electrons. The third-order valence-corrected chi connectivity index (χ3v) is 5.05. The van der Waals surface area contributed by atoms with Crippen molar-refractivity contribution in [3.8, 4) is 5.75 Å². The second-order valence-corrected chi connectivity index (χ2v) is 6.87. The summed E-state index contributed by atoms with van der Waals surface area (Å²) in [4.78, 5) is 2.54. The number of piperazine rings is 1. The van der Waals surface area contributed by atoms with Gasteiger partial charge < -0.3 is 10.4 Å². The van der Waals surface area contributed by atoms with E-state index in [1.165, 1.54) is 5.56 Å². The number of nitrogens with zero attached hydrogens (tertiary/aromatic N) is 1. The predicted octanol–water partition coefficient (Wildman–Crippen LogP) is 3.80. The molecule has 0 bridgehead atoms. The molecule has 0 spiro atoms. The SMILES string of the molecule is CC[C@H](c1cc(I)c(O)c(I)c1)N1CCNCC1.Cl.Cl. The van der Waals surface area contributed by atoms with Crippen LogP contribution in [0.3, 0.4) is 0 Å². The Labute approximate surface area is 160 Å². The molecule has 0 saturated carbocycles. The Kier molecular flexibility index (Phi) is 10.4. The maximum atomic E-state index is 9.86. The van der Waals surface area contributed by atoms with Crippen molar-refractivity contribution in [2.45, 2.75) is 19.4 Å². The van der Waals surface area contributed by atoms with Gasteiger partial charge in [0.15, 0.2) is 0 Å². The van der Waals surface area contributed by atoms with Crippen molar-refractivity contribution in [1.82, 2.24) is 10.2 Å². The number of nitrogens with one attached hydrogen (secondary N) is 1. The largest absolute Gasteiger partial charge is 0.506 e. The molecule has 7 heteroatoms. The van der Waals surface area contributed by atoms with E-state index in [0.29, 0.717) is 11.8 Å². The minimum absolute atomic E-state index is 0. The number of rotatable bonds is 3. The van der Waals surface area contributed by atoms with Crippen molar-refractivity contribution in [3.63, 3.8) is 0 Å². The molecule has 1 atom stereocenters. The first kappa shape index (κ1) is 21.0. The summed E-state index contributed by atoms with van der Waals surface area (Å²) < 4.78 is 1.89. The lowest BCUT2D eigenvalue weighted by atomic mass is 10.0. The molecule has 1 aromatic rings. The predicted molar refractivity (Wildman–Crippen MR) is 106 cm³/mol. The fraction of sp³-hybridized carbons (Fsp3) is 0.538.